The summed E-state index contributed by atoms with van der Waals surface area (Å²) in [4.78, 5) is 16.0. The largest absolute Gasteiger partial charge is 0.277 e. The number of aromatic nitrogens is 4. The van der Waals surface area contributed by atoms with Gasteiger partial charge in [-0.05, 0) is 45.0 Å². The molecule has 0 saturated heterocycles. The molecule has 3 heterocycles. The van der Waals surface area contributed by atoms with Crippen LogP contribution in [-0.2, 0) is 0 Å². The highest BCUT2D eigenvalue weighted by Crippen LogP contribution is 2.47. The smallest absolute Gasteiger partial charge is 0.238 e. The van der Waals surface area contributed by atoms with Gasteiger partial charge in [0.1, 0.15) is 0 Å². The molecule has 5 heteroatoms. The van der Waals surface area contributed by atoms with Crippen LogP contribution in [0.15, 0.2) is 194 Å². The third kappa shape index (κ3) is 5.04. The summed E-state index contributed by atoms with van der Waals surface area (Å²) in [5, 5.41) is 9.63. The maximum absolute atomic E-state index is 5.44. The van der Waals surface area contributed by atoms with Gasteiger partial charge >= 0.3 is 0 Å². The standard InChI is InChI=1S/C53H32N4S/c1-3-15-33(16-4-1)34-29-31-36(32-30-34)52-54-51(35-17-5-2-6-18-35)55-53(56-52)57-49-42(40-24-14-28-46-47(40)43-23-11-12-27-45(43)58-46)25-13-26-44(49)48-39-21-9-7-19-37(39)38-20-8-10-22-41(38)50(48)57/h1-32H. The molecule has 0 radical (unpaired) electrons. The number of thiophene rings is 1. The van der Waals surface area contributed by atoms with Gasteiger partial charge in [-0.15, -0.1) is 11.3 Å². The lowest BCUT2D eigenvalue weighted by Gasteiger charge is -2.15. The van der Waals surface area contributed by atoms with Gasteiger partial charge in [0.15, 0.2) is 11.6 Å². The van der Waals surface area contributed by atoms with Gasteiger partial charge in [-0.25, -0.2) is 4.98 Å². The van der Waals surface area contributed by atoms with Crippen molar-refractivity contribution >= 4 is 74.9 Å². The summed E-state index contributed by atoms with van der Waals surface area (Å²) < 4.78 is 4.88. The molecular formula is C53H32N4S. The van der Waals surface area contributed by atoms with Crippen LogP contribution in [0.5, 0.6) is 0 Å². The van der Waals surface area contributed by atoms with E-state index in [1.807, 2.05) is 35.6 Å². The van der Waals surface area contributed by atoms with Crippen LogP contribution >= 0.6 is 11.3 Å². The normalized spacial score (nSPS) is 11.8. The molecule has 0 bridgehead atoms. The zero-order valence-electron chi connectivity index (χ0n) is 31.2. The number of hydrogen-bond acceptors (Lipinski definition) is 4. The topological polar surface area (TPSA) is 43.6 Å². The van der Waals surface area contributed by atoms with E-state index in [1.54, 1.807) is 0 Å². The van der Waals surface area contributed by atoms with Gasteiger partial charge in [-0.2, -0.15) is 9.97 Å². The fraction of sp³-hybridized carbons (Fsp3) is 0. The SMILES string of the molecule is c1ccc(-c2ccc(-c3nc(-c4ccccc4)nc(-n4c5c(-c6cccc7sc8ccccc8c67)cccc5c5c6ccccc6c6ccccc6c54)n3)cc2)cc1. The lowest BCUT2D eigenvalue weighted by Crippen LogP contribution is -2.07. The number of fused-ring (bicyclic) bond motifs is 11. The predicted molar refractivity (Wildman–Crippen MR) is 244 cm³/mol. The zero-order chi connectivity index (χ0) is 38.2. The number of rotatable bonds is 5. The van der Waals surface area contributed by atoms with Gasteiger partial charge < -0.3 is 0 Å². The Kier molecular flexibility index (Phi) is 7.37. The molecule has 0 N–H and O–H groups in total. The molecule has 12 aromatic rings. The number of nitrogens with zero attached hydrogens (tertiary/aromatic N) is 4. The van der Waals surface area contributed by atoms with Gasteiger partial charge in [-0.3, -0.25) is 4.57 Å². The molecule has 0 fully saturated rings. The maximum Gasteiger partial charge on any atom is 0.238 e. The molecular weight excluding hydrogens is 725 g/mol. The van der Waals surface area contributed by atoms with E-state index in [4.69, 9.17) is 15.0 Å². The Bertz CT molecular complexity index is 3550. The second-order valence-corrected chi connectivity index (χ2v) is 15.8. The van der Waals surface area contributed by atoms with Gasteiger partial charge in [0.05, 0.1) is 11.0 Å². The fourth-order valence-corrected chi connectivity index (χ4v) is 10.0. The van der Waals surface area contributed by atoms with E-state index in [9.17, 15) is 0 Å². The summed E-state index contributed by atoms with van der Waals surface area (Å²) in [5.41, 5.74) is 8.62. The molecule has 0 aliphatic carbocycles. The number of hydrogen-bond donors (Lipinski definition) is 0. The lowest BCUT2D eigenvalue weighted by atomic mass is 9.95. The first-order valence-corrected chi connectivity index (χ1v) is 20.4. The maximum atomic E-state index is 5.44. The van der Waals surface area contributed by atoms with E-state index < -0.39 is 0 Å². The van der Waals surface area contributed by atoms with E-state index in [2.05, 4.69) is 174 Å². The first kappa shape index (κ1) is 32.7. The molecule has 3 aromatic heterocycles. The molecule has 0 aliphatic rings. The monoisotopic (exact) mass is 756 g/mol. The minimum absolute atomic E-state index is 0.575. The van der Waals surface area contributed by atoms with Crippen LogP contribution in [0.3, 0.4) is 0 Å². The molecule has 12 rings (SSSR count). The molecule has 0 spiro atoms. The Hall–Kier alpha value is -7.47. The van der Waals surface area contributed by atoms with Crippen molar-refractivity contribution in [3.63, 3.8) is 0 Å². The Morgan fingerprint density at radius 3 is 1.55 bits per heavy atom. The summed E-state index contributed by atoms with van der Waals surface area (Å²) in [5.74, 6) is 1.81. The van der Waals surface area contributed by atoms with Crippen LogP contribution in [0.25, 0.3) is 115 Å². The van der Waals surface area contributed by atoms with E-state index in [0.717, 1.165) is 44.1 Å². The molecule has 0 amide bonds. The van der Waals surface area contributed by atoms with Crippen molar-refractivity contribution in [2.75, 3.05) is 0 Å². The molecule has 270 valence electrons. The lowest BCUT2D eigenvalue weighted by molar-refractivity contribution is 0.955. The minimum atomic E-state index is 0.575. The van der Waals surface area contributed by atoms with E-state index in [0.29, 0.717) is 17.6 Å². The molecule has 9 aromatic carbocycles. The summed E-state index contributed by atoms with van der Waals surface area (Å²) in [6, 6.07) is 69.0. The molecule has 0 saturated carbocycles. The Balaban J connectivity index is 1.23. The quantitative estimate of drug-likeness (QED) is 0.164. The van der Waals surface area contributed by atoms with Crippen molar-refractivity contribution < 1.29 is 0 Å². The Morgan fingerprint density at radius 1 is 0.310 bits per heavy atom. The number of benzene rings is 9. The first-order valence-electron chi connectivity index (χ1n) is 19.5. The molecule has 0 unspecified atom stereocenters. The van der Waals surface area contributed by atoms with Crippen LogP contribution in [0, 0.1) is 0 Å². The van der Waals surface area contributed by atoms with Crippen LogP contribution in [0.1, 0.15) is 0 Å². The van der Waals surface area contributed by atoms with Crippen LogP contribution in [0.4, 0.5) is 0 Å². The second-order valence-electron chi connectivity index (χ2n) is 14.7. The van der Waals surface area contributed by atoms with Crippen LogP contribution in [0.2, 0.25) is 0 Å². The van der Waals surface area contributed by atoms with Crippen molar-refractivity contribution in [3.05, 3.63) is 194 Å². The third-order valence-corrected chi connectivity index (χ3v) is 12.6. The average Bonchev–Trinajstić information content (AvgIpc) is 3.87. The third-order valence-electron chi connectivity index (χ3n) is 11.5. The molecule has 58 heavy (non-hydrogen) atoms. The van der Waals surface area contributed by atoms with Gasteiger partial charge in [0.25, 0.3) is 0 Å². The fourth-order valence-electron chi connectivity index (χ4n) is 8.89. The van der Waals surface area contributed by atoms with Crippen molar-refractivity contribution in [2.45, 2.75) is 0 Å². The Morgan fingerprint density at radius 2 is 0.810 bits per heavy atom. The molecule has 4 nitrogen and oxygen atoms in total. The van der Waals surface area contributed by atoms with Crippen LogP contribution in [-0.4, -0.2) is 19.5 Å². The zero-order valence-corrected chi connectivity index (χ0v) is 32.0. The van der Waals surface area contributed by atoms with Gasteiger partial charge in [0, 0.05) is 53.0 Å². The average molecular weight is 757 g/mol. The van der Waals surface area contributed by atoms with Crippen molar-refractivity contribution in [3.8, 4) is 51.0 Å². The number of para-hydroxylation sites is 1. The predicted octanol–water partition coefficient (Wildman–Crippen LogP) is 14.3. The summed E-state index contributed by atoms with van der Waals surface area (Å²) in [6.07, 6.45) is 0. The van der Waals surface area contributed by atoms with Gasteiger partial charge in [-0.1, -0.05) is 182 Å². The van der Waals surface area contributed by atoms with Gasteiger partial charge in [0.2, 0.25) is 5.95 Å². The first-order chi connectivity index (χ1) is 28.8. The van der Waals surface area contributed by atoms with Crippen molar-refractivity contribution in [1.82, 2.24) is 19.5 Å². The minimum Gasteiger partial charge on any atom is -0.277 e. The molecule has 0 atom stereocenters. The van der Waals surface area contributed by atoms with E-state index in [-0.39, 0.29) is 0 Å². The summed E-state index contributed by atoms with van der Waals surface area (Å²) in [7, 11) is 0. The second kappa shape index (κ2) is 13.1. The highest BCUT2D eigenvalue weighted by atomic mass is 32.1. The van der Waals surface area contributed by atoms with E-state index >= 15 is 0 Å². The highest BCUT2D eigenvalue weighted by molar-refractivity contribution is 7.25. The van der Waals surface area contributed by atoms with Crippen LogP contribution < -0.4 is 0 Å². The van der Waals surface area contributed by atoms with E-state index in [1.165, 1.54) is 52.8 Å². The summed E-state index contributed by atoms with van der Waals surface area (Å²) >= 11 is 1.84. The highest BCUT2D eigenvalue weighted by Gasteiger charge is 2.25. The molecule has 0 aliphatic heterocycles. The van der Waals surface area contributed by atoms with Crippen molar-refractivity contribution in [2.24, 2.45) is 0 Å². The van der Waals surface area contributed by atoms with Crippen molar-refractivity contribution in [1.29, 1.82) is 0 Å². The Labute approximate surface area is 338 Å². The summed E-state index contributed by atoms with van der Waals surface area (Å²) in [6.45, 7) is 0.